The summed E-state index contributed by atoms with van der Waals surface area (Å²) in [6.45, 7) is 0. The maximum atomic E-state index is 2.53. The molecule has 0 saturated heterocycles. The van der Waals surface area contributed by atoms with Gasteiger partial charge in [-0.25, -0.2) is 0 Å². The van der Waals surface area contributed by atoms with Gasteiger partial charge in [0.25, 0.3) is 0 Å². The molecule has 1 saturated carbocycles. The first-order valence-corrected chi connectivity index (χ1v) is 5.49. The molecule has 92 valence electrons. The van der Waals surface area contributed by atoms with Crippen molar-refractivity contribution in [1.29, 1.82) is 0 Å². The van der Waals surface area contributed by atoms with Crippen LogP contribution in [0.1, 0.15) is 12.8 Å². The SMILES string of the molecule is C1=CCC(C2[CH-]C3C=CC=CC3C2)=C1.[Br-].[Br-].[Hf]. The van der Waals surface area contributed by atoms with Gasteiger partial charge in [0.15, 0.2) is 0 Å². The minimum atomic E-state index is 0. The van der Waals surface area contributed by atoms with Crippen molar-refractivity contribution in [2.75, 3.05) is 0 Å². The maximum Gasteiger partial charge on any atom is 0 e. The molecular weight excluding hydrogens is 506 g/mol. The first-order chi connectivity index (χ1) is 6.93. The fraction of sp³-hybridized carbons (Fsp3) is 0.357. The average molecular weight is 522 g/mol. The predicted octanol–water partition coefficient (Wildman–Crippen LogP) is -2.54. The third-order valence-electron chi connectivity index (χ3n) is 3.55. The summed E-state index contributed by atoms with van der Waals surface area (Å²) < 4.78 is 0. The molecule has 0 aromatic heterocycles. The Morgan fingerprint density at radius 1 is 1.06 bits per heavy atom. The van der Waals surface area contributed by atoms with Crippen LogP contribution in [-0.2, 0) is 25.8 Å². The summed E-state index contributed by atoms with van der Waals surface area (Å²) in [6.07, 6.45) is 20.9. The standard InChI is InChI=1S/C14H15.2BrH.Hf/c1-2-6-11(5-1)14-9-12-7-3-4-8-13(12)10-14;;;/h1-5,7-9,12-14H,6,10H2;2*1H;/q-1;;;/p-2. The van der Waals surface area contributed by atoms with E-state index in [-0.39, 0.29) is 59.8 Å². The van der Waals surface area contributed by atoms with Crippen LogP contribution >= 0.6 is 0 Å². The Kier molecular flexibility index (Phi) is 8.43. The number of halogens is 2. The van der Waals surface area contributed by atoms with Crippen LogP contribution in [-0.4, -0.2) is 0 Å². The monoisotopic (exact) mass is 521 g/mol. The van der Waals surface area contributed by atoms with Crippen molar-refractivity contribution < 1.29 is 59.8 Å². The average Bonchev–Trinajstić information content (AvgIpc) is 2.86. The number of hydrogen-bond acceptors (Lipinski definition) is 0. The predicted molar refractivity (Wildman–Crippen MR) is 59.5 cm³/mol. The van der Waals surface area contributed by atoms with Gasteiger partial charge in [-0.2, -0.15) is 0 Å². The van der Waals surface area contributed by atoms with Crippen LogP contribution in [0.3, 0.4) is 0 Å². The molecule has 0 N–H and O–H groups in total. The van der Waals surface area contributed by atoms with Crippen molar-refractivity contribution >= 4 is 0 Å². The van der Waals surface area contributed by atoms with E-state index < -0.39 is 0 Å². The molecule has 1 fully saturated rings. The zero-order chi connectivity index (χ0) is 9.38. The molecule has 0 aromatic carbocycles. The van der Waals surface area contributed by atoms with Crippen LogP contribution in [0.15, 0.2) is 48.1 Å². The minimum Gasteiger partial charge on any atom is -1.00 e. The zero-order valence-corrected chi connectivity index (χ0v) is 16.3. The topological polar surface area (TPSA) is 0 Å². The molecule has 17 heavy (non-hydrogen) atoms. The molecule has 0 spiro atoms. The van der Waals surface area contributed by atoms with E-state index in [4.69, 9.17) is 0 Å². The molecule has 0 heterocycles. The van der Waals surface area contributed by atoms with Crippen LogP contribution in [0.5, 0.6) is 0 Å². The van der Waals surface area contributed by atoms with E-state index in [0.717, 1.165) is 11.8 Å². The van der Waals surface area contributed by atoms with Crippen molar-refractivity contribution in [3.8, 4) is 0 Å². The van der Waals surface area contributed by atoms with E-state index in [2.05, 4.69) is 49.0 Å². The second-order valence-electron chi connectivity index (χ2n) is 4.42. The first kappa shape index (κ1) is 17.8. The molecule has 0 amide bonds. The Labute approximate surface area is 144 Å². The second kappa shape index (κ2) is 8.06. The quantitative estimate of drug-likeness (QED) is 0.264. The van der Waals surface area contributed by atoms with E-state index in [0.29, 0.717) is 5.92 Å². The molecule has 0 aromatic rings. The molecule has 3 aliphatic carbocycles. The maximum absolute atomic E-state index is 2.53. The third kappa shape index (κ3) is 3.87. The summed E-state index contributed by atoms with van der Waals surface area (Å²) in [5.74, 6) is 2.20. The number of rotatable bonds is 1. The molecule has 3 unspecified atom stereocenters. The van der Waals surface area contributed by atoms with Gasteiger partial charge in [-0.1, -0.05) is 48.5 Å². The Hall–Kier alpha value is 0.790. The largest absolute Gasteiger partial charge is 1.00 e. The van der Waals surface area contributed by atoms with Gasteiger partial charge in [-0.15, -0.1) is 17.9 Å². The van der Waals surface area contributed by atoms with Gasteiger partial charge >= 0.3 is 0 Å². The van der Waals surface area contributed by atoms with Gasteiger partial charge in [0.2, 0.25) is 0 Å². The third-order valence-corrected chi connectivity index (χ3v) is 3.55. The zero-order valence-electron chi connectivity index (χ0n) is 9.52. The van der Waals surface area contributed by atoms with E-state index in [1.165, 1.54) is 12.8 Å². The molecule has 3 rings (SSSR count). The summed E-state index contributed by atoms with van der Waals surface area (Å²) >= 11 is 0. The van der Waals surface area contributed by atoms with Crippen molar-refractivity contribution in [3.63, 3.8) is 0 Å². The molecular formula is C14H15Br2Hf-3. The van der Waals surface area contributed by atoms with Gasteiger partial charge in [-0.3, -0.25) is 0 Å². The molecule has 0 radical (unpaired) electrons. The fourth-order valence-corrected chi connectivity index (χ4v) is 2.77. The van der Waals surface area contributed by atoms with Crippen LogP contribution in [0.2, 0.25) is 0 Å². The normalized spacial score (nSPS) is 32.0. The number of fused-ring (bicyclic) bond motifs is 1. The van der Waals surface area contributed by atoms with Crippen LogP contribution < -0.4 is 34.0 Å². The summed E-state index contributed by atoms with van der Waals surface area (Å²) in [6, 6.07) is 0. The summed E-state index contributed by atoms with van der Waals surface area (Å²) in [7, 11) is 0. The summed E-state index contributed by atoms with van der Waals surface area (Å²) in [5, 5.41) is 0. The molecule has 3 heteroatoms. The Morgan fingerprint density at radius 2 is 1.82 bits per heavy atom. The van der Waals surface area contributed by atoms with E-state index in [9.17, 15) is 0 Å². The minimum absolute atomic E-state index is 0. The summed E-state index contributed by atoms with van der Waals surface area (Å²) in [4.78, 5) is 0. The van der Waals surface area contributed by atoms with Crippen LogP contribution in [0.4, 0.5) is 0 Å². The molecule has 3 aliphatic rings. The van der Waals surface area contributed by atoms with Crippen molar-refractivity contribution in [2.45, 2.75) is 12.8 Å². The molecule has 0 nitrogen and oxygen atoms in total. The Balaban J connectivity index is 0.000000853. The number of allylic oxidation sites excluding steroid dienone is 8. The Bertz CT molecular complexity index is 335. The summed E-state index contributed by atoms with van der Waals surface area (Å²) in [5.41, 5.74) is 1.61. The van der Waals surface area contributed by atoms with Gasteiger partial charge in [0, 0.05) is 25.8 Å². The second-order valence-corrected chi connectivity index (χ2v) is 4.42. The fourth-order valence-electron chi connectivity index (χ4n) is 2.77. The van der Waals surface area contributed by atoms with Crippen LogP contribution in [0.25, 0.3) is 0 Å². The Morgan fingerprint density at radius 3 is 2.47 bits per heavy atom. The first-order valence-electron chi connectivity index (χ1n) is 5.49. The molecule has 0 bridgehead atoms. The molecule has 0 aliphatic heterocycles. The van der Waals surface area contributed by atoms with Gasteiger partial charge in [-0.05, 0) is 12.3 Å². The van der Waals surface area contributed by atoms with Crippen molar-refractivity contribution in [3.05, 3.63) is 54.5 Å². The van der Waals surface area contributed by atoms with Crippen molar-refractivity contribution in [1.82, 2.24) is 0 Å². The van der Waals surface area contributed by atoms with Gasteiger partial charge in [0.05, 0.1) is 0 Å². The van der Waals surface area contributed by atoms with E-state index in [1.54, 1.807) is 5.57 Å². The number of hydrogen-bond donors (Lipinski definition) is 0. The van der Waals surface area contributed by atoms with E-state index >= 15 is 0 Å². The van der Waals surface area contributed by atoms with Gasteiger partial charge in [0.1, 0.15) is 0 Å². The smallest absolute Gasteiger partial charge is 0 e. The van der Waals surface area contributed by atoms with Gasteiger partial charge < -0.3 is 40.4 Å². The molecule has 3 atom stereocenters. The van der Waals surface area contributed by atoms with Crippen LogP contribution in [0, 0.1) is 24.2 Å². The van der Waals surface area contributed by atoms with E-state index in [1.807, 2.05) is 0 Å². The van der Waals surface area contributed by atoms with Crippen molar-refractivity contribution in [2.24, 2.45) is 17.8 Å².